The van der Waals surface area contributed by atoms with Crippen molar-refractivity contribution in [2.75, 3.05) is 27.2 Å². The molecule has 0 spiro atoms. The third-order valence-corrected chi connectivity index (χ3v) is 6.14. The molecule has 1 aliphatic heterocycles. The van der Waals surface area contributed by atoms with Crippen LogP contribution in [-0.4, -0.2) is 48.7 Å². The number of hydrogen-bond acceptors (Lipinski definition) is 4. The highest BCUT2D eigenvalue weighted by molar-refractivity contribution is 5.95. The zero-order valence-electron chi connectivity index (χ0n) is 18.5. The van der Waals surface area contributed by atoms with Gasteiger partial charge in [-0.05, 0) is 52.3 Å². The van der Waals surface area contributed by atoms with Gasteiger partial charge in [-0.1, -0.05) is 25.1 Å². The normalized spacial score (nSPS) is 16.6. The summed E-state index contributed by atoms with van der Waals surface area (Å²) >= 11 is 0. The van der Waals surface area contributed by atoms with Crippen LogP contribution < -0.4 is 15.5 Å². The fourth-order valence-electron chi connectivity index (χ4n) is 4.45. The van der Waals surface area contributed by atoms with E-state index in [1.54, 1.807) is 13.2 Å². The summed E-state index contributed by atoms with van der Waals surface area (Å²) in [6.45, 7) is 6.14. The van der Waals surface area contributed by atoms with Gasteiger partial charge < -0.3 is 19.5 Å². The lowest BCUT2D eigenvalue weighted by atomic mass is 10.1. The van der Waals surface area contributed by atoms with Gasteiger partial charge in [0.2, 0.25) is 0 Å². The molecule has 3 rings (SSSR count). The molecule has 1 atom stereocenters. The van der Waals surface area contributed by atoms with Crippen LogP contribution in [0.5, 0.6) is 5.75 Å². The second kappa shape index (κ2) is 9.94. The summed E-state index contributed by atoms with van der Waals surface area (Å²) in [5.74, 6) is 0.524. The van der Waals surface area contributed by atoms with Crippen molar-refractivity contribution in [3.8, 4) is 5.75 Å². The molecule has 6 nitrogen and oxygen atoms in total. The number of aryl methyl sites for hydroxylation is 1. The highest BCUT2D eigenvalue weighted by atomic mass is 16.5. The maximum absolute atomic E-state index is 13.0. The highest BCUT2D eigenvalue weighted by Gasteiger charge is 2.22. The van der Waals surface area contributed by atoms with Crippen LogP contribution in [0, 0.1) is 6.92 Å². The average molecular weight is 412 g/mol. The van der Waals surface area contributed by atoms with Gasteiger partial charge in [-0.3, -0.25) is 9.59 Å². The number of aromatic nitrogens is 1. The summed E-state index contributed by atoms with van der Waals surface area (Å²) in [5.41, 5.74) is 2.67. The molecule has 1 amide bonds. The Morgan fingerprint density at radius 3 is 2.73 bits per heavy atom. The van der Waals surface area contributed by atoms with Gasteiger partial charge >= 0.3 is 0 Å². The van der Waals surface area contributed by atoms with E-state index < -0.39 is 0 Å². The Balaban J connectivity index is 1.84. The van der Waals surface area contributed by atoms with Crippen LogP contribution in [-0.2, 0) is 13.0 Å². The van der Waals surface area contributed by atoms with Gasteiger partial charge in [-0.15, -0.1) is 0 Å². The van der Waals surface area contributed by atoms with Crippen molar-refractivity contribution in [2.45, 2.75) is 52.1 Å². The highest BCUT2D eigenvalue weighted by Crippen LogP contribution is 2.21. The number of carbonyl (C=O) groups excluding carboxylic acids is 1. The monoisotopic (exact) mass is 411 g/mol. The molecule has 162 valence electrons. The summed E-state index contributed by atoms with van der Waals surface area (Å²) in [4.78, 5) is 28.1. The summed E-state index contributed by atoms with van der Waals surface area (Å²) in [6.07, 6.45) is 3.88. The van der Waals surface area contributed by atoms with Gasteiger partial charge in [-0.25, -0.2) is 0 Å². The SMILES string of the molecule is CCc1c(C(=O)NCC[C@@H]2CCCN2C)c(=O)cc(C)n1Cc1ccccc1OC. The van der Waals surface area contributed by atoms with Crippen LogP contribution in [0.25, 0.3) is 0 Å². The van der Waals surface area contributed by atoms with Gasteiger partial charge in [0.25, 0.3) is 5.91 Å². The smallest absolute Gasteiger partial charge is 0.257 e. The minimum absolute atomic E-state index is 0.212. The third kappa shape index (κ3) is 4.75. The molecule has 0 bridgehead atoms. The molecule has 2 heterocycles. The lowest BCUT2D eigenvalue weighted by molar-refractivity contribution is 0.0947. The number of hydrogen-bond donors (Lipinski definition) is 1. The minimum Gasteiger partial charge on any atom is -0.496 e. The summed E-state index contributed by atoms with van der Waals surface area (Å²) in [7, 11) is 3.78. The maximum Gasteiger partial charge on any atom is 0.257 e. The van der Waals surface area contributed by atoms with E-state index in [9.17, 15) is 9.59 Å². The fraction of sp³-hybridized carbons (Fsp3) is 0.500. The predicted molar refractivity (Wildman–Crippen MR) is 120 cm³/mol. The molecule has 1 N–H and O–H groups in total. The number of pyridine rings is 1. The molecule has 1 aliphatic rings. The van der Waals surface area contributed by atoms with Crippen LogP contribution in [0.1, 0.15) is 53.5 Å². The van der Waals surface area contributed by atoms with Crippen LogP contribution in [0.3, 0.4) is 0 Å². The molecule has 6 heteroatoms. The molecule has 1 aromatic heterocycles. The predicted octanol–water partition coefficient (Wildman–Crippen LogP) is 2.99. The van der Waals surface area contributed by atoms with Gasteiger partial charge in [-0.2, -0.15) is 0 Å². The van der Waals surface area contributed by atoms with Gasteiger partial charge in [0, 0.05) is 35.6 Å². The molecule has 1 fully saturated rings. The quantitative estimate of drug-likeness (QED) is 0.725. The van der Waals surface area contributed by atoms with Crippen LogP contribution in [0.15, 0.2) is 35.1 Å². The molecule has 30 heavy (non-hydrogen) atoms. The van der Waals surface area contributed by atoms with Gasteiger partial charge in [0.1, 0.15) is 11.3 Å². The summed E-state index contributed by atoms with van der Waals surface area (Å²) in [5, 5.41) is 2.99. The lowest BCUT2D eigenvalue weighted by Crippen LogP contribution is -2.35. The molecule has 2 aromatic rings. The van der Waals surface area contributed by atoms with E-state index in [0.29, 0.717) is 25.6 Å². The second-order valence-electron chi connectivity index (χ2n) is 8.04. The molecular formula is C24H33N3O3. The molecule has 1 aromatic carbocycles. The number of likely N-dealkylation sites (tertiary alicyclic amines) is 1. The number of para-hydroxylation sites is 1. The van der Waals surface area contributed by atoms with Crippen LogP contribution in [0.4, 0.5) is 0 Å². The molecule has 0 unspecified atom stereocenters. The van der Waals surface area contributed by atoms with Crippen molar-refractivity contribution >= 4 is 5.91 Å². The first kappa shape index (κ1) is 22.1. The number of rotatable bonds is 8. The average Bonchev–Trinajstić information content (AvgIpc) is 3.14. The Labute approximate surface area is 178 Å². The largest absolute Gasteiger partial charge is 0.496 e. The number of nitrogens with one attached hydrogen (secondary N) is 1. The molecule has 0 aliphatic carbocycles. The van der Waals surface area contributed by atoms with Crippen molar-refractivity contribution in [1.82, 2.24) is 14.8 Å². The van der Waals surface area contributed by atoms with E-state index in [1.807, 2.05) is 38.1 Å². The number of carbonyl (C=O) groups is 1. The first-order chi connectivity index (χ1) is 14.5. The molecular weight excluding hydrogens is 378 g/mol. The number of amides is 1. The van der Waals surface area contributed by atoms with Crippen molar-refractivity contribution in [1.29, 1.82) is 0 Å². The van der Waals surface area contributed by atoms with E-state index in [0.717, 1.165) is 35.7 Å². The first-order valence-electron chi connectivity index (χ1n) is 10.8. The van der Waals surface area contributed by atoms with E-state index in [-0.39, 0.29) is 16.9 Å². The Bertz CT molecular complexity index is 951. The molecule has 0 radical (unpaired) electrons. The standard InChI is InChI=1S/C24H33N3O3/c1-5-20-23(24(29)25-13-12-19-10-8-14-26(19)3)21(28)15-17(2)27(20)16-18-9-6-7-11-22(18)30-4/h6-7,9,11,15,19H,5,8,10,12-14,16H2,1-4H3,(H,25,29)/t19-/m0/s1. The van der Waals surface area contributed by atoms with E-state index in [2.05, 4.69) is 21.8 Å². The number of methoxy groups -OCH3 is 1. The second-order valence-corrected chi connectivity index (χ2v) is 8.04. The summed E-state index contributed by atoms with van der Waals surface area (Å²) < 4.78 is 7.54. The van der Waals surface area contributed by atoms with Crippen molar-refractivity contribution in [2.24, 2.45) is 0 Å². The van der Waals surface area contributed by atoms with Crippen LogP contribution >= 0.6 is 0 Å². The van der Waals surface area contributed by atoms with Crippen molar-refractivity contribution < 1.29 is 9.53 Å². The van der Waals surface area contributed by atoms with Crippen LogP contribution in [0.2, 0.25) is 0 Å². The topological polar surface area (TPSA) is 63.6 Å². The van der Waals surface area contributed by atoms with E-state index >= 15 is 0 Å². The molecule has 0 saturated carbocycles. The third-order valence-electron chi connectivity index (χ3n) is 6.14. The maximum atomic E-state index is 13.0. The van der Waals surface area contributed by atoms with E-state index in [1.165, 1.54) is 12.8 Å². The van der Waals surface area contributed by atoms with Gasteiger partial charge in [0.05, 0.1) is 13.7 Å². The lowest BCUT2D eigenvalue weighted by Gasteiger charge is -2.21. The summed E-state index contributed by atoms with van der Waals surface area (Å²) in [6, 6.07) is 9.90. The van der Waals surface area contributed by atoms with E-state index in [4.69, 9.17) is 4.74 Å². The number of benzene rings is 1. The van der Waals surface area contributed by atoms with Gasteiger partial charge in [0.15, 0.2) is 5.43 Å². The zero-order chi connectivity index (χ0) is 21.7. The number of nitrogens with zero attached hydrogens (tertiary/aromatic N) is 2. The minimum atomic E-state index is -0.272. The van der Waals surface area contributed by atoms with Crippen molar-refractivity contribution in [3.63, 3.8) is 0 Å². The molecule has 1 saturated heterocycles. The Morgan fingerprint density at radius 1 is 1.30 bits per heavy atom. The fourth-order valence-corrected chi connectivity index (χ4v) is 4.45. The van der Waals surface area contributed by atoms with Crippen molar-refractivity contribution in [3.05, 3.63) is 63.1 Å². The zero-order valence-corrected chi connectivity index (χ0v) is 18.5. The first-order valence-corrected chi connectivity index (χ1v) is 10.8. The Morgan fingerprint density at radius 2 is 2.07 bits per heavy atom. The Kier molecular flexibility index (Phi) is 7.32. The Hall–Kier alpha value is -2.60. The number of ether oxygens (including phenoxy) is 1.